The molecule has 5 nitrogen and oxygen atoms in total. The highest BCUT2D eigenvalue weighted by Gasteiger charge is 2.23. The van der Waals surface area contributed by atoms with Gasteiger partial charge in [0.2, 0.25) is 5.91 Å². The molecule has 168 valence electrons. The quantitative estimate of drug-likeness (QED) is 0.288. The number of hydrogen-bond donors (Lipinski definition) is 1. The molecule has 0 unspecified atom stereocenters. The Morgan fingerprint density at radius 1 is 1.12 bits per heavy atom. The van der Waals surface area contributed by atoms with Crippen LogP contribution in [-0.2, 0) is 24.2 Å². The van der Waals surface area contributed by atoms with E-state index in [9.17, 15) is 9.59 Å². The van der Waals surface area contributed by atoms with E-state index in [2.05, 4.69) is 5.32 Å². The van der Waals surface area contributed by atoms with E-state index in [0.717, 1.165) is 41.6 Å². The summed E-state index contributed by atoms with van der Waals surface area (Å²) in [6.45, 7) is 0.464. The summed E-state index contributed by atoms with van der Waals surface area (Å²) in [7, 11) is 0. The lowest BCUT2D eigenvalue weighted by Gasteiger charge is -2.14. The maximum Gasteiger partial charge on any atom is 0.267 e. The van der Waals surface area contributed by atoms with Gasteiger partial charge >= 0.3 is 0 Å². The van der Waals surface area contributed by atoms with Crippen LogP contribution in [0.15, 0.2) is 64.5 Å². The second-order valence-electron chi connectivity index (χ2n) is 7.96. The van der Waals surface area contributed by atoms with E-state index in [0.29, 0.717) is 27.8 Å². The summed E-state index contributed by atoms with van der Waals surface area (Å²) < 4.78 is 1.60. The van der Waals surface area contributed by atoms with Crippen molar-refractivity contribution in [2.45, 2.75) is 37.4 Å². The maximum absolute atomic E-state index is 13.7. The molecular formula is C25H22ClN3O2S2. The number of thiophene rings is 1. The number of aromatic nitrogens is 2. The molecule has 0 saturated heterocycles. The van der Waals surface area contributed by atoms with Crippen molar-refractivity contribution in [3.8, 4) is 5.69 Å². The number of carbonyl (C=O) groups is 1. The summed E-state index contributed by atoms with van der Waals surface area (Å²) in [5.41, 5.74) is 2.75. The molecule has 4 aromatic rings. The normalized spacial score (nSPS) is 13.1. The van der Waals surface area contributed by atoms with Gasteiger partial charge in [0, 0.05) is 16.4 Å². The van der Waals surface area contributed by atoms with Crippen LogP contribution in [-0.4, -0.2) is 21.2 Å². The summed E-state index contributed by atoms with van der Waals surface area (Å²) in [6.07, 6.45) is 4.15. The first kappa shape index (κ1) is 22.2. The van der Waals surface area contributed by atoms with Crippen LogP contribution in [0.3, 0.4) is 0 Å². The monoisotopic (exact) mass is 495 g/mol. The maximum atomic E-state index is 13.7. The van der Waals surface area contributed by atoms with Crippen molar-refractivity contribution in [1.29, 1.82) is 0 Å². The first-order valence-corrected chi connectivity index (χ1v) is 13.0. The molecule has 2 aromatic heterocycles. The fourth-order valence-corrected chi connectivity index (χ4v) is 6.43. The van der Waals surface area contributed by atoms with Crippen molar-refractivity contribution >= 4 is 50.8 Å². The number of nitrogens with zero attached hydrogens (tertiary/aromatic N) is 2. The van der Waals surface area contributed by atoms with E-state index in [1.165, 1.54) is 16.6 Å². The van der Waals surface area contributed by atoms with E-state index >= 15 is 0 Å². The molecule has 0 radical (unpaired) electrons. The fraction of sp³-hybridized carbons (Fsp3) is 0.240. The standard InChI is InChI=1S/C25H22ClN3O2S2/c26-17-9-6-10-18(13-17)29-24(31)22-19-11-4-5-12-20(19)33-23(22)28-25(29)32-15-21(30)27-14-16-7-2-1-3-8-16/h1-3,6-10,13H,4-5,11-12,14-15H2,(H,27,30). The van der Waals surface area contributed by atoms with Gasteiger partial charge in [-0.1, -0.05) is 59.8 Å². The number of carbonyl (C=O) groups excluding carboxylic acids is 1. The topological polar surface area (TPSA) is 64.0 Å². The van der Waals surface area contributed by atoms with E-state index in [4.69, 9.17) is 16.6 Å². The molecule has 0 saturated carbocycles. The minimum atomic E-state index is -0.110. The van der Waals surface area contributed by atoms with Crippen LogP contribution in [0.4, 0.5) is 0 Å². The first-order chi connectivity index (χ1) is 16.1. The van der Waals surface area contributed by atoms with E-state index in [-0.39, 0.29) is 17.2 Å². The molecule has 1 aliphatic carbocycles. The highest BCUT2D eigenvalue weighted by molar-refractivity contribution is 7.99. The number of halogens is 1. The van der Waals surface area contributed by atoms with E-state index in [1.54, 1.807) is 28.0 Å². The van der Waals surface area contributed by atoms with Crippen molar-refractivity contribution in [3.63, 3.8) is 0 Å². The SMILES string of the molecule is O=C(CSc1nc2sc3c(c2c(=O)n1-c1cccc(Cl)c1)CCCC3)NCc1ccccc1. The minimum Gasteiger partial charge on any atom is -0.351 e. The van der Waals surface area contributed by atoms with Crippen molar-refractivity contribution in [1.82, 2.24) is 14.9 Å². The molecule has 2 heterocycles. The Balaban J connectivity index is 1.48. The van der Waals surface area contributed by atoms with Gasteiger partial charge in [-0.05, 0) is 55.0 Å². The van der Waals surface area contributed by atoms with Crippen LogP contribution >= 0.6 is 34.7 Å². The average molecular weight is 496 g/mol. The zero-order valence-electron chi connectivity index (χ0n) is 17.8. The van der Waals surface area contributed by atoms with Gasteiger partial charge in [0.15, 0.2) is 5.16 Å². The summed E-state index contributed by atoms with van der Waals surface area (Å²) in [6, 6.07) is 17.0. The molecule has 1 aliphatic rings. The molecule has 0 spiro atoms. The van der Waals surface area contributed by atoms with Crippen molar-refractivity contribution < 1.29 is 4.79 Å². The zero-order valence-corrected chi connectivity index (χ0v) is 20.2. The van der Waals surface area contributed by atoms with Gasteiger partial charge in [-0.25, -0.2) is 4.98 Å². The molecule has 0 bridgehead atoms. The molecule has 2 aromatic carbocycles. The Morgan fingerprint density at radius 3 is 2.76 bits per heavy atom. The number of fused-ring (bicyclic) bond motifs is 3. The third kappa shape index (κ3) is 4.71. The van der Waals surface area contributed by atoms with Crippen LogP contribution in [0.5, 0.6) is 0 Å². The molecule has 0 atom stereocenters. The first-order valence-electron chi connectivity index (χ1n) is 10.9. The largest absolute Gasteiger partial charge is 0.351 e. The van der Waals surface area contributed by atoms with Gasteiger partial charge in [0.05, 0.1) is 16.8 Å². The van der Waals surface area contributed by atoms with Crippen LogP contribution in [0.1, 0.15) is 28.8 Å². The van der Waals surface area contributed by atoms with E-state index in [1.807, 2.05) is 42.5 Å². The van der Waals surface area contributed by atoms with Gasteiger partial charge < -0.3 is 5.32 Å². The average Bonchev–Trinajstić information content (AvgIpc) is 3.21. The van der Waals surface area contributed by atoms with Gasteiger partial charge in [-0.2, -0.15) is 0 Å². The summed E-state index contributed by atoms with van der Waals surface area (Å²) in [4.78, 5) is 33.1. The molecule has 1 N–H and O–H groups in total. The number of aryl methyl sites for hydroxylation is 2. The van der Waals surface area contributed by atoms with Crippen molar-refractivity contribution in [3.05, 3.63) is 86.0 Å². The van der Waals surface area contributed by atoms with Crippen LogP contribution in [0, 0.1) is 0 Å². The third-order valence-electron chi connectivity index (χ3n) is 5.69. The molecule has 0 aliphatic heterocycles. The summed E-state index contributed by atoms with van der Waals surface area (Å²) >= 11 is 9.12. The number of benzene rings is 2. The Kier molecular flexibility index (Phi) is 6.53. The van der Waals surface area contributed by atoms with Crippen molar-refractivity contribution in [2.24, 2.45) is 0 Å². The predicted octanol–water partition coefficient (Wildman–Crippen LogP) is 5.39. The summed E-state index contributed by atoms with van der Waals surface area (Å²) in [5.74, 6) is 0.0532. The Bertz CT molecular complexity index is 1380. The lowest BCUT2D eigenvalue weighted by Crippen LogP contribution is -2.26. The molecule has 5 rings (SSSR count). The molecule has 1 amide bonds. The van der Waals surface area contributed by atoms with Gasteiger partial charge in [0.25, 0.3) is 5.56 Å². The number of hydrogen-bond acceptors (Lipinski definition) is 5. The number of nitrogens with one attached hydrogen (secondary N) is 1. The molecule has 0 fully saturated rings. The van der Waals surface area contributed by atoms with Gasteiger partial charge in [-0.3, -0.25) is 14.2 Å². The number of rotatable bonds is 6. The van der Waals surface area contributed by atoms with Crippen LogP contribution < -0.4 is 10.9 Å². The third-order valence-corrected chi connectivity index (χ3v) is 8.05. The second-order valence-corrected chi connectivity index (χ2v) is 10.4. The molecular weight excluding hydrogens is 474 g/mol. The molecule has 8 heteroatoms. The Hall–Kier alpha value is -2.61. The molecule has 33 heavy (non-hydrogen) atoms. The smallest absolute Gasteiger partial charge is 0.267 e. The highest BCUT2D eigenvalue weighted by Crippen LogP contribution is 2.35. The van der Waals surface area contributed by atoms with Crippen LogP contribution in [0.2, 0.25) is 5.02 Å². The fourth-order valence-electron chi connectivity index (χ4n) is 4.10. The second kappa shape index (κ2) is 9.71. The zero-order chi connectivity index (χ0) is 22.8. The number of thioether (sulfide) groups is 1. The van der Waals surface area contributed by atoms with E-state index < -0.39 is 0 Å². The minimum absolute atomic E-state index is 0.0890. The van der Waals surface area contributed by atoms with Gasteiger partial charge in [0.1, 0.15) is 4.83 Å². The lowest BCUT2D eigenvalue weighted by atomic mass is 9.97. The lowest BCUT2D eigenvalue weighted by molar-refractivity contribution is -0.118. The van der Waals surface area contributed by atoms with Crippen LogP contribution in [0.25, 0.3) is 15.9 Å². The highest BCUT2D eigenvalue weighted by atomic mass is 35.5. The predicted molar refractivity (Wildman–Crippen MR) is 136 cm³/mol. The van der Waals surface area contributed by atoms with Gasteiger partial charge in [-0.15, -0.1) is 11.3 Å². The Morgan fingerprint density at radius 2 is 1.94 bits per heavy atom. The Labute approximate surface area is 204 Å². The number of amides is 1. The van der Waals surface area contributed by atoms with Crippen molar-refractivity contribution in [2.75, 3.05) is 5.75 Å². The summed E-state index contributed by atoms with van der Waals surface area (Å²) in [5, 5.41) is 4.70.